The first-order valence-corrected chi connectivity index (χ1v) is 9.51. The van der Waals surface area contributed by atoms with E-state index in [1.165, 1.54) is 6.07 Å². The number of morpholine rings is 1. The molecule has 0 spiro atoms. The number of ether oxygens (including phenoxy) is 1. The van der Waals surface area contributed by atoms with Gasteiger partial charge in [0.2, 0.25) is 0 Å². The minimum atomic E-state index is -0.972. The number of halogens is 2. The number of nitrogens with one attached hydrogen (secondary N) is 1. The summed E-state index contributed by atoms with van der Waals surface area (Å²) in [6.45, 7) is 10.7. The van der Waals surface area contributed by atoms with Gasteiger partial charge in [-0.1, -0.05) is 0 Å². The van der Waals surface area contributed by atoms with Crippen molar-refractivity contribution in [3.63, 3.8) is 0 Å². The van der Waals surface area contributed by atoms with Gasteiger partial charge in [0.15, 0.2) is 11.6 Å². The van der Waals surface area contributed by atoms with Gasteiger partial charge in [-0.15, -0.1) is 0 Å². The number of urea groups is 1. The molecule has 0 aromatic heterocycles. The van der Waals surface area contributed by atoms with Gasteiger partial charge in [-0.2, -0.15) is 0 Å². The van der Waals surface area contributed by atoms with Crippen molar-refractivity contribution < 1.29 is 18.3 Å². The molecule has 0 unspecified atom stereocenters. The summed E-state index contributed by atoms with van der Waals surface area (Å²) >= 11 is 0. The van der Waals surface area contributed by atoms with Gasteiger partial charge in [0.1, 0.15) is 0 Å². The summed E-state index contributed by atoms with van der Waals surface area (Å²) in [7, 11) is 0. The van der Waals surface area contributed by atoms with Crippen molar-refractivity contribution >= 4 is 11.7 Å². The number of benzene rings is 1. The summed E-state index contributed by atoms with van der Waals surface area (Å²) in [5.41, 5.74) is 0.255. The molecule has 2 aliphatic rings. The molecule has 6 nitrogen and oxygen atoms in total. The second-order valence-electron chi connectivity index (χ2n) is 7.43. The molecule has 3 rings (SSSR count). The molecule has 0 bridgehead atoms. The van der Waals surface area contributed by atoms with Crippen molar-refractivity contribution in [1.29, 1.82) is 0 Å². The maximum atomic E-state index is 13.3. The third-order valence-corrected chi connectivity index (χ3v) is 5.19. The summed E-state index contributed by atoms with van der Waals surface area (Å²) < 4.78 is 32.1. The Labute approximate surface area is 159 Å². The first-order chi connectivity index (χ1) is 12.9. The Hall–Kier alpha value is -1.77. The van der Waals surface area contributed by atoms with Crippen LogP contribution in [-0.4, -0.2) is 85.3 Å². The number of nitrogens with zero attached hydrogens (tertiary/aromatic N) is 3. The van der Waals surface area contributed by atoms with Gasteiger partial charge in [0.25, 0.3) is 0 Å². The second kappa shape index (κ2) is 8.95. The number of carbonyl (C=O) groups is 1. The van der Waals surface area contributed by atoms with Gasteiger partial charge < -0.3 is 15.0 Å². The van der Waals surface area contributed by atoms with Crippen molar-refractivity contribution in [1.82, 2.24) is 14.7 Å². The zero-order chi connectivity index (χ0) is 19.4. The first kappa shape index (κ1) is 20.0. The Balaban J connectivity index is 1.44. The first-order valence-electron chi connectivity index (χ1n) is 9.51. The Morgan fingerprint density at radius 2 is 1.93 bits per heavy atom. The lowest BCUT2D eigenvalue weighted by Crippen LogP contribution is -2.54. The highest BCUT2D eigenvalue weighted by Gasteiger charge is 2.27. The Bertz CT molecular complexity index is 651. The highest BCUT2D eigenvalue weighted by molar-refractivity contribution is 5.89. The van der Waals surface area contributed by atoms with Gasteiger partial charge in [-0.25, -0.2) is 13.6 Å². The molecule has 1 atom stereocenters. The summed E-state index contributed by atoms with van der Waals surface area (Å²) in [5.74, 6) is -1.90. The van der Waals surface area contributed by atoms with Crippen LogP contribution < -0.4 is 5.32 Å². The minimum absolute atomic E-state index is 0.198. The molecule has 2 saturated heterocycles. The monoisotopic (exact) mass is 382 g/mol. The summed E-state index contributed by atoms with van der Waals surface area (Å²) in [6.07, 6.45) is 0.198. The topological polar surface area (TPSA) is 48.1 Å². The Morgan fingerprint density at radius 1 is 1.19 bits per heavy atom. The van der Waals surface area contributed by atoms with Crippen LogP contribution in [0.15, 0.2) is 18.2 Å². The van der Waals surface area contributed by atoms with E-state index in [2.05, 4.69) is 29.0 Å². The predicted molar refractivity (Wildman–Crippen MR) is 99.8 cm³/mol. The van der Waals surface area contributed by atoms with Gasteiger partial charge in [0.05, 0.1) is 12.7 Å². The normalized spacial score (nSPS) is 22.3. The molecule has 2 fully saturated rings. The van der Waals surface area contributed by atoms with E-state index < -0.39 is 11.6 Å². The second-order valence-corrected chi connectivity index (χ2v) is 7.43. The molecule has 2 aliphatic heterocycles. The van der Waals surface area contributed by atoms with E-state index in [0.717, 1.165) is 51.5 Å². The summed E-state index contributed by atoms with van der Waals surface area (Å²) in [5, 5.41) is 2.62. The molecule has 150 valence electrons. The van der Waals surface area contributed by atoms with E-state index in [1.54, 1.807) is 4.90 Å². The largest absolute Gasteiger partial charge is 0.374 e. The van der Waals surface area contributed by atoms with E-state index in [4.69, 9.17) is 4.74 Å². The quantitative estimate of drug-likeness (QED) is 0.868. The fourth-order valence-electron chi connectivity index (χ4n) is 3.52. The van der Waals surface area contributed by atoms with Crippen molar-refractivity contribution in [3.8, 4) is 0 Å². The van der Waals surface area contributed by atoms with Crippen LogP contribution in [0.4, 0.5) is 19.3 Å². The molecule has 27 heavy (non-hydrogen) atoms. The maximum Gasteiger partial charge on any atom is 0.321 e. The third-order valence-electron chi connectivity index (χ3n) is 5.19. The molecular formula is C19H28F2N4O2. The fraction of sp³-hybridized carbons (Fsp3) is 0.632. The van der Waals surface area contributed by atoms with Gasteiger partial charge in [0, 0.05) is 63.6 Å². The Kier molecular flexibility index (Phi) is 6.62. The molecule has 1 N–H and O–H groups in total. The summed E-state index contributed by atoms with van der Waals surface area (Å²) in [6, 6.07) is 3.58. The van der Waals surface area contributed by atoms with Crippen LogP contribution in [-0.2, 0) is 4.74 Å². The van der Waals surface area contributed by atoms with Crippen LogP contribution in [0.1, 0.15) is 13.8 Å². The highest BCUT2D eigenvalue weighted by atomic mass is 19.2. The van der Waals surface area contributed by atoms with Crippen molar-refractivity contribution in [2.75, 3.05) is 57.7 Å². The number of rotatable bonds is 4. The van der Waals surface area contributed by atoms with Crippen molar-refractivity contribution in [3.05, 3.63) is 29.8 Å². The van der Waals surface area contributed by atoms with Gasteiger partial charge in [-0.05, 0) is 26.0 Å². The number of carbonyl (C=O) groups excluding carboxylic acids is 1. The van der Waals surface area contributed by atoms with E-state index in [9.17, 15) is 13.6 Å². The molecule has 0 aliphatic carbocycles. The van der Waals surface area contributed by atoms with Crippen LogP contribution in [0.5, 0.6) is 0 Å². The molecule has 1 aromatic rings. The van der Waals surface area contributed by atoms with E-state index >= 15 is 0 Å². The lowest BCUT2D eigenvalue weighted by Gasteiger charge is -2.40. The zero-order valence-electron chi connectivity index (χ0n) is 16.0. The minimum Gasteiger partial charge on any atom is -0.374 e. The number of amides is 2. The maximum absolute atomic E-state index is 13.3. The molecule has 1 aromatic carbocycles. The number of hydrogen-bond donors (Lipinski definition) is 1. The smallest absolute Gasteiger partial charge is 0.321 e. The Morgan fingerprint density at radius 3 is 2.59 bits per heavy atom. The predicted octanol–water partition coefficient (Wildman–Crippen LogP) is 2.22. The van der Waals surface area contributed by atoms with E-state index in [1.807, 2.05) is 0 Å². The third kappa shape index (κ3) is 5.37. The summed E-state index contributed by atoms with van der Waals surface area (Å²) in [4.78, 5) is 18.8. The van der Waals surface area contributed by atoms with E-state index in [-0.39, 0.29) is 17.8 Å². The zero-order valence-corrected chi connectivity index (χ0v) is 16.0. The van der Waals surface area contributed by atoms with Crippen molar-refractivity contribution in [2.24, 2.45) is 0 Å². The average molecular weight is 382 g/mol. The highest BCUT2D eigenvalue weighted by Crippen LogP contribution is 2.15. The van der Waals surface area contributed by atoms with Crippen LogP contribution in [0.25, 0.3) is 0 Å². The lowest BCUT2D eigenvalue weighted by molar-refractivity contribution is -0.0551. The molecular weight excluding hydrogens is 354 g/mol. The number of anilines is 1. The number of piperazine rings is 1. The molecule has 8 heteroatoms. The molecule has 0 saturated carbocycles. The lowest BCUT2D eigenvalue weighted by atomic mass is 10.2. The van der Waals surface area contributed by atoms with Crippen LogP contribution >= 0.6 is 0 Å². The van der Waals surface area contributed by atoms with Crippen LogP contribution in [0, 0.1) is 11.6 Å². The number of hydrogen-bond acceptors (Lipinski definition) is 4. The molecule has 2 amide bonds. The van der Waals surface area contributed by atoms with Gasteiger partial charge >= 0.3 is 6.03 Å². The molecule has 0 radical (unpaired) electrons. The average Bonchev–Trinajstić information content (AvgIpc) is 2.65. The standard InChI is InChI=1S/C19H28F2N4O2/c1-14(2)25-9-10-27-16(13-25)12-23-5-7-24(8-6-23)19(26)22-15-3-4-17(20)18(21)11-15/h3-4,11,14,16H,5-10,12-13H2,1-2H3,(H,22,26)/t16-/m0/s1. The van der Waals surface area contributed by atoms with Gasteiger partial charge in [-0.3, -0.25) is 9.80 Å². The van der Waals surface area contributed by atoms with Crippen LogP contribution in [0.3, 0.4) is 0 Å². The van der Waals surface area contributed by atoms with Crippen molar-refractivity contribution in [2.45, 2.75) is 26.0 Å². The van der Waals surface area contributed by atoms with E-state index in [0.29, 0.717) is 19.1 Å². The molecule has 2 heterocycles. The SMILES string of the molecule is CC(C)N1CCO[C@@H](CN2CCN(C(=O)Nc3ccc(F)c(F)c3)CC2)C1. The van der Waals surface area contributed by atoms with Crippen LogP contribution in [0.2, 0.25) is 0 Å². The fourth-order valence-corrected chi connectivity index (χ4v) is 3.52.